The highest BCUT2D eigenvalue weighted by Crippen LogP contribution is 2.24. The minimum atomic E-state index is -4.01. The van der Waals surface area contributed by atoms with Gasteiger partial charge in [-0.15, -0.1) is 0 Å². The Bertz CT molecular complexity index is 1140. The first kappa shape index (κ1) is 20.2. The van der Waals surface area contributed by atoms with Gasteiger partial charge in [-0.25, -0.2) is 4.79 Å². The summed E-state index contributed by atoms with van der Waals surface area (Å²) in [6, 6.07) is 16.5. The number of aromatic hydroxyl groups is 1. The van der Waals surface area contributed by atoms with Crippen molar-refractivity contribution < 1.29 is 22.5 Å². The Labute approximate surface area is 169 Å². The van der Waals surface area contributed by atoms with Crippen LogP contribution in [-0.4, -0.2) is 19.6 Å². The van der Waals surface area contributed by atoms with Crippen molar-refractivity contribution in [1.29, 1.82) is 0 Å². The normalized spacial score (nSPS) is 11.0. The Morgan fingerprint density at radius 3 is 2.28 bits per heavy atom. The summed E-state index contributed by atoms with van der Waals surface area (Å²) in [7, 11) is -4.01. The molecule has 0 atom stereocenters. The zero-order valence-corrected chi connectivity index (χ0v) is 16.7. The lowest BCUT2D eigenvalue weighted by molar-refractivity contribution is 0.262. The molecule has 0 aliphatic rings. The molecule has 0 saturated carbocycles. The lowest BCUT2D eigenvalue weighted by Crippen LogP contribution is -2.19. The molecule has 0 fully saturated rings. The second kappa shape index (κ2) is 8.24. The van der Waals surface area contributed by atoms with Gasteiger partial charge < -0.3 is 19.9 Å². The van der Waals surface area contributed by atoms with Gasteiger partial charge in [0.1, 0.15) is 16.4 Å². The van der Waals surface area contributed by atoms with E-state index < -0.39 is 16.1 Å². The summed E-state index contributed by atoms with van der Waals surface area (Å²) in [4.78, 5) is 12.2. The Kier molecular flexibility index (Phi) is 5.74. The van der Waals surface area contributed by atoms with Crippen molar-refractivity contribution in [3.63, 3.8) is 0 Å². The first-order valence-corrected chi connectivity index (χ1v) is 10.1. The summed E-state index contributed by atoms with van der Waals surface area (Å²) < 4.78 is 30.4. The minimum Gasteiger partial charge on any atom is -0.508 e. The molecule has 2 amide bonds. The van der Waals surface area contributed by atoms with E-state index in [-0.39, 0.29) is 16.4 Å². The topological polar surface area (TPSA) is 105 Å². The molecule has 0 spiro atoms. The molecule has 0 aromatic heterocycles. The molecule has 8 heteroatoms. The van der Waals surface area contributed by atoms with E-state index in [1.54, 1.807) is 43.3 Å². The van der Waals surface area contributed by atoms with Crippen LogP contribution in [0.25, 0.3) is 0 Å². The van der Waals surface area contributed by atoms with E-state index in [0.717, 1.165) is 5.56 Å². The van der Waals surface area contributed by atoms with E-state index >= 15 is 0 Å². The van der Waals surface area contributed by atoms with Crippen LogP contribution in [0.5, 0.6) is 11.5 Å². The summed E-state index contributed by atoms with van der Waals surface area (Å²) in [5, 5.41) is 14.5. The fraction of sp³-hybridized carbons (Fsp3) is 0.0952. The maximum atomic E-state index is 12.6. The molecule has 3 N–H and O–H groups in total. The molecule has 0 saturated heterocycles. The van der Waals surface area contributed by atoms with Crippen molar-refractivity contribution in [2.75, 3.05) is 10.6 Å². The highest BCUT2D eigenvalue weighted by molar-refractivity contribution is 7.87. The lowest BCUT2D eigenvalue weighted by atomic mass is 10.2. The number of phenols is 1. The fourth-order valence-corrected chi connectivity index (χ4v) is 3.85. The zero-order chi connectivity index (χ0) is 21.0. The molecular formula is C21H20N2O5S. The Morgan fingerprint density at radius 2 is 1.59 bits per heavy atom. The van der Waals surface area contributed by atoms with Crippen LogP contribution in [0.1, 0.15) is 11.1 Å². The first-order chi connectivity index (χ1) is 13.7. The molecule has 3 aromatic rings. The molecular weight excluding hydrogens is 392 g/mol. The van der Waals surface area contributed by atoms with E-state index in [1.165, 1.54) is 30.3 Å². The van der Waals surface area contributed by atoms with E-state index in [2.05, 4.69) is 10.6 Å². The maximum absolute atomic E-state index is 12.6. The number of urea groups is 1. The van der Waals surface area contributed by atoms with Crippen LogP contribution >= 0.6 is 0 Å². The molecule has 0 heterocycles. The zero-order valence-electron chi connectivity index (χ0n) is 15.8. The number of carbonyl (C=O) groups excluding carboxylic acids is 1. The monoisotopic (exact) mass is 412 g/mol. The number of hydrogen-bond donors (Lipinski definition) is 3. The van der Waals surface area contributed by atoms with Gasteiger partial charge in [-0.1, -0.05) is 23.8 Å². The second-order valence-electron chi connectivity index (χ2n) is 6.46. The molecule has 29 heavy (non-hydrogen) atoms. The standard InChI is InChI=1S/C21H20N2O5S/c1-14-6-11-20(15(2)12-14)29(26,27)28-19-5-3-4-17(13-19)23-21(25)22-16-7-9-18(24)10-8-16/h3-13,24H,1-2H3,(H2,22,23,25). The summed E-state index contributed by atoms with van der Waals surface area (Å²) in [5.74, 6) is 0.165. The predicted molar refractivity (Wildman–Crippen MR) is 111 cm³/mol. The first-order valence-electron chi connectivity index (χ1n) is 8.72. The number of hydrogen-bond acceptors (Lipinski definition) is 5. The van der Waals surface area contributed by atoms with Gasteiger partial charge in [0.15, 0.2) is 0 Å². The third kappa shape index (κ3) is 5.26. The predicted octanol–water partition coefficient (Wildman–Crippen LogP) is 4.42. The second-order valence-corrected chi connectivity index (χ2v) is 7.97. The molecule has 0 radical (unpaired) electrons. The SMILES string of the molecule is Cc1ccc(S(=O)(=O)Oc2cccc(NC(=O)Nc3ccc(O)cc3)c2)c(C)c1. The van der Waals surface area contributed by atoms with Crippen molar-refractivity contribution in [1.82, 2.24) is 0 Å². The van der Waals surface area contributed by atoms with Gasteiger partial charge in [0.2, 0.25) is 0 Å². The molecule has 0 unspecified atom stereocenters. The Morgan fingerprint density at radius 1 is 0.897 bits per heavy atom. The molecule has 0 bridgehead atoms. The summed E-state index contributed by atoms with van der Waals surface area (Å²) in [6.07, 6.45) is 0. The van der Waals surface area contributed by atoms with Gasteiger partial charge in [-0.3, -0.25) is 0 Å². The number of aryl methyl sites for hydroxylation is 2. The Balaban J connectivity index is 1.72. The summed E-state index contributed by atoms with van der Waals surface area (Å²) >= 11 is 0. The number of rotatable bonds is 5. The highest BCUT2D eigenvalue weighted by atomic mass is 32.2. The lowest BCUT2D eigenvalue weighted by Gasteiger charge is -2.12. The number of carbonyl (C=O) groups is 1. The fourth-order valence-electron chi connectivity index (χ4n) is 2.72. The third-order valence-corrected chi connectivity index (χ3v) is 5.43. The molecule has 7 nitrogen and oxygen atoms in total. The smallest absolute Gasteiger partial charge is 0.339 e. The van der Waals surface area contributed by atoms with Gasteiger partial charge in [0, 0.05) is 17.4 Å². The average Bonchev–Trinajstić information content (AvgIpc) is 2.63. The number of nitrogens with one attached hydrogen (secondary N) is 2. The van der Waals surface area contributed by atoms with E-state index in [4.69, 9.17) is 4.18 Å². The van der Waals surface area contributed by atoms with Gasteiger partial charge in [0.25, 0.3) is 0 Å². The van der Waals surface area contributed by atoms with Gasteiger partial charge in [0.05, 0.1) is 0 Å². The van der Waals surface area contributed by atoms with Gasteiger partial charge in [-0.2, -0.15) is 8.42 Å². The maximum Gasteiger partial charge on any atom is 0.339 e. The van der Waals surface area contributed by atoms with Crippen LogP contribution in [-0.2, 0) is 10.1 Å². The number of anilines is 2. The Hall–Kier alpha value is -3.52. The van der Waals surface area contributed by atoms with Crippen LogP contribution < -0.4 is 14.8 Å². The van der Waals surface area contributed by atoms with Gasteiger partial charge in [-0.05, 0) is 61.9 Å². The minimum absolute atomic E-state index is 0.0763. The van der Waals surface area contributed by atoms with E-state index in [0.29, 0.717) is 16.9 Å². The van der Waals surface area contributed by atoms with Crippen molar-refractivity contribution in [2.24, 2.45) is 0 Å². The van der Waals surface area contributed by atoms with Crippen molar-refractivity contribution in [3.05, 3.63) is 77.9 Å². The van der Waals surface area contributed by atoms with Crippen LogP contribution in [0.4, 0.5) is 16.2 Å². The van der Waals surface area contributed by atoms with E-state index in [9.17, 15) is 18.3 Å². The molecule has 3 rings (SSSR count). The average molecular weight is 412 g/mol. The summed E-state index contributed by atoms with van der Waals surface area (Å²) in [5.41, 5.74) is 2.39. The van der Waals surface area contributed by atoms with E-state index in [1.807, 2.05) is 6.92 Å². The quantitative estimate of drug-likeness (QED) is 0.425. The number of benzene rings is 3. The van der Waals surface area contributed by atoms with Crippen LogP contribution in [0, 0.1) is 13.8 Å². The van der Waals surface area contributed by atoms with Crippen molar-refractivity contribution >= 4 is 27.5 Å². The van der Waals surface area contributed by atoms with Gasteiger partial charge >= 0.3 is 16.1 Å². The molecule has 3 aromatic carbocycles. The van der Waals surface area contributed by atoms with Crippen LogP contribution in [0.2, 0.25) is 0 Å². The molecule has 150 valence electrons. The molecule has 0 aliphatic carbocycles. The van der Waals surface area contributed by atoms with Crippen LogP contribution in [0.3, 0.4) is 0 Å². The number of amides is 2. The van der Waals surface area contributed by atoms with Crippen molar-refractivity contribution in [2.45, 2.75) is 18.7 Å². The number of phenolic OH excluding ortho intramolecular Hbond substituents is 1. The largest absolute Gasteiger partial charge is 0.508 e. The van der Waals surface area contributed by atoms with Crippen molar-refractivity contribution in [3.8, 4) is 11.5 Å². The summed E-state index contributed by atoms with van der Waals surface area (Å²) in [6.45, 7) is 3.58. The highest BCUT2D eigenvalue weighted by Gasteiger charge is 2.19. The third-order valence-electron chi connectivity index (χ3n) is 4.02. The van der Waals surface area contributed by atoms with Crippen LogP contribution in [0.15, 0.2) is 71.6 Å². The molecule has 0 aliphatic heterocycles.